The minimum atomic E-state index is 0. The zero-order valence-electron chi connectivity index (χ0n) is 7.53. The quantitative estimate of drug-likeness (QED) is 0.631. The van der Waals surface area contributed by atoms with E-state index < -0.39 is 0 Å². The van der Waals surface area contributed by atoms with E-state index in [1.165, 1.54) is 0 Å². The monoisotopic (exact) mass is 174 g/mol. The van der Waals surface area contributed by atoms with Gasteiger partial charge in [0.15, 0.2) is 0 Å². The van der Waals surface area contributed by atoms with Crippen LogP contribution in [0.4, 0.5) is 0 Å². The molecule has 1 aromatic carbocycles. The molecule has 2 N–H and O–H groups in total. The molecule has 0 aliphatic rings. The van der Waals surface area contributed by atoms with Crippen LogP contribution in [0.2, 0.25) is 0 Å². The van der Waals surface area contributed by atoms with Gasteiger partial charge < -0.3 is 5.48 Å². The minimum Gasteiger partial charge on any atom is -0.412 e. The normalized spacial score (nSPS) is 9.23. The van der Waals surface area contributed by atoms with Crippen LogP contribution in [0, 0.1) is 0 Å². The highest BCUT2D eigenvalue weighted by atomic mass is 16.0. The van der Waals surface area contributed by atoms with Crippen molar-refractivity contribution in [2.75, 3.05) is 0 Å². The van der Waals surface area contributed by atoms with E-state index in [0.29, 0.717) is 0 Å². The molecule has 0 heterocycles. The molecule has 0 bridgehead atoms. The maximum absolute atomic E-state index is 3.93. The highest BCUT2D eigenvalue weighted by Crippen LogP contribution is 2.12. The Morgan fingerprint density at radius 3 is 2.31 bits per heavy atom. The number of hydrogen-bond acceptors (Lipinski definition) is 0. The van der Waals surface area contributed by atoms with Crippen molar-refractivity contribution in [2.24, 2.45) is 0 Å². The molecule has 1 nitrogen and oxygen atoms in total. The summed E-state index contributed by atoms with van der Waals surface area (Å²) in [5, 5.41) is 0. The summed E-state index contributed by atoms with van der Waals surface area (Å²) in [6.45, 7) is 7.53. The van der Waals surface area contributed by atoms with Crippen LogP contribution >= 0.6 is 0 Å². The summed E-state index contributed by atoms with van der Waals surface area (Å²) >= 11 is 0. The van der Waals surface area contributed by atoms with E-state index in [4.69, 9.17) is 0 Å². The maximum atomic E-state index is 3.93. The Bertz CT molecular complexity index is 296. The lowest BCUT2D eigenvalue weighted by atomic mass is 10.1. The molecular weight excluding hydrogens is 160 g/mol. The summed E-state index contributed by atoms with van der Waals surface area (Å²) in [7, 11) is 0. The first-order valence-corrected chi connectivity index (χ1v) is 3.88. The van der Waals surface area contributed by atoms with Crippen molar-refractivity contribution in [2.45, 2.75) is 0 Å². The van der Waals surface area contributed by atoms with Crippen LogP contribution in [0.1, 0.15) is 5.56 Å². The summed E-state index contributed by atoms with van der Waals surface area (Å²) in [6.07, 6.45) is 5.58. The van der Waals surface area contributed by atoms with E-state index in [1.54, 1.807) is 6.08 Å². The molecule has 1 rings (SSSR count). The van der Waals surface area contributed by atoms with Crippen molar-refractivity contribution in [3.63, 3.8) is 0 Å². The molecule has 1 aromatic rings. The molecule has 0 aliphatic carbocycles. The van der Waals surface area contributed by atoms with E-state index in [9.17, 15) is 0 Å². The molecule has 0 saturated carbocycles. The van der Waals surface area contributed by atoms with E-state index in [2.05, 4.69) is 13.2 Å². The van der Waals surface area contributed by atoms with Gasteiger partial charge in [0.1, 0.15) is 0 Å². The number of hydrogen-bond donors (Lipinski definition) is 0. The van der Waals surface area contributed by atoms with Gasteiger partial charge in [0.2, 0.25) is 0 Å². The fraction of sp³-hybridized carbons (Fsp3) is 0. The van der Waals surface area contributed by atoms with Crippen molar-refractivity contribution in [1.29, 1.82) is 0 Å². The fourth-order valence-electron chi connectivity index (χ4n) is 0.933. The number of benzene rings is 1. The SMILES string of the molecule is C=CC=CC(=C)c1ccccc1.O. The van der Waals surface area contributed by atoms with Crippen LogP contribution in [-0.4, -0.2) is 5.48 Å². The van der Waals surface area contributed by atoms with E-state index in [1.807, 2.05) is 42.5 Å². The maximum Gasteiger partial charge on any atom is -0.0190 e. The Hall–Kier alpha value is -1.60. The van der Waals surface area contributed by atoms with Crippen LogP contribution in [-0.2, 0) is 0 Å². The second-order valence-corrected chi connectivity index (χ2v) is 2.49. The Kier molecular flexibility index (Phi) is 5.24. The first-order valence-electron chi connectivity index (χ1n) is 3.88. The van der Waals surface area contributed by atoms with Gasteiger partial charge in [0.05, 0.1) is 0 Å². The second kappa shape index (κ2) is 5.98. The lowest BCUT2D eigenvalue weighted by Crippen LogP contribution is -1.75. The van der Waals surface area contributed by atoms with Gasteiger partial charge in [-0.25, -0.2) is 0 Å². The highest BCUT2D eigenvalue weighted by Gasteiger charge is 1.90. The molecule has 0 spiro atoms. The van der Waals surface area contributed by atoms with Gasteiger partial charge in [-0.05, 0) is 11.1 Å². The van der Waals surface area contributed by atoms with E-state index in [-0.39, 0.29) is 5.48 Å². The van der Waals surface area contributed by atoms with Gasteiger partial charge in [0.25, 0.3) is 0 Å². The van der Waals surface area contributed by atoms with Gasteiger partial charge in [-0.2, -0.15) is 0 Å². The van der Waals surface area contributed by atoms with Crippen molar-refractivity contribution in [3.8, 4) is 0 Å². The Morgan fingerprint density at radius 2 is 1.77 bits per heavy atom. The van der Waals surface area contributed by atoms with Gasteiger partial charge in [-0.3, -0.25) is 0 Å². The molecule has 0 aromatic heterocycles. The van der Waals surface area contributed by atoms with Crippen molar-refractivity contribution in [3.05, 3.63) is 67.3 Å². The number of allylic oxidation sites excluding steroid dienone is 4. The van der Waals surface area contributed by atoms with Crippen LogP contribution in [0.5, 0.6) is 0 Å². The third-order valence-corrected chi connectivity index (χ3v) is 1.58. The molecule has 0 atom stereocenters. The van der Waals surface area contributed by atoms with E-state index in [0.717, 1.165) is 11.1 Å². The van der Waals surface area contributed by atoms with Crippen LogP contribution in [0.15, 0.2) is 61.7 Å². The third kappa shape index (κ3) is 3.54. The molecular formula is C12H14O. The molecule has 0 unspecified atom stereocenters. The van der Waals surface area contributed by atoms with Gasteiger partial charge in [-0.1, -0.05) is 61.7 Å². The zero-order chi connectivity index (χ0) is 8.81. The fourth-order valence-corrected chi connectivity index (χ4v) is 0.933. The predicted molar refractivity (Wildman–Crippen MR) is 58.4 cm³/mol. The Morgan fingerprint density at radius 1 is 1.15 bits per heavy atom. The Labute approximate surface area is 79.0 Å². The molecule has 68 valence electrons. The molecule has 0 fully saturated rings. The molecule has 0 aliphatic heterocycles. The van der Waals surface area contributed by atoms with Crippen LogP contribution in [0.25, 0.3) is 5.57 Å². The first-order chi connectivity index (χ1) is 5.84. The van der Waals surface area contributed by atoms with Gasteiger partial charge in [0, 0.05) is 0 Å². The standard InChI is InChI=1S/C12H12.H2O/c1-3-4-8-11(2)12-9-6-5-7-10-12;/h3-10H,1-2H2;1H2. The highest BCUT2D eigenvalue weighted by molar-refractivity contribution is 5.71. The third-order valence-electron chi connectivity index (χ3n) is 1.58. The number of rotatable bonds is 3. The summed E-state index contributed by atoms with van der Waals surface area (Å²) in [4.78, 5) is 0. The van der Waals surface area contributed by atoms with Gasteiger partial charge in [-0.15, -0.1) is 0 Å². The summed E-state index contributed by atoms with van der Waals surface area (Å²) in [5.41, 5.74) is 2.16. The zero-order valence-corrected chi connectivity index (χ0v) is 7.53. The van der Waals surface area contributed by atoms with Crippen LogP contribution < -0.4 is 0 Å². The smallest absolute Gasteiger partial charge is 0.0190 e. The lowest BCUT2D eigenvalue weighted by Gasteiger charge is -1.97. The molecule has 1 heteroatoms. The Balaban J connectivity index is 0.00000144. The lowest BCUT2D eigenvalue weighted by molar-refractivity contribution is 0.824. The van der Waals surface area contributed by atoms with Crippen molar-refractivity contribution >= 4 is 5.57 Å². The summed E-state index contributed by atoms with van der Waals surface area (Å²) < 4.78 is 0. The van der Waals surface area contributed by atoms with Crippen LogP contribution in [0.3, 0.4) is 0 Å². The molecule has 0 saturated heterocycles. The first kappa shape index (κ1) is 11.4. The average Bonchev–Trinajstić information content (AvgIpc) is 2.15. The topological polar surface area (TPSA) is 31.5 Å². The van der Waals surface area contributed by atoms with E-state index >= 15 is 0 Å². The molecule has 13 heavy (non-hydrogen) atoms. The largest absolute Gasteiger partial charge is 0.412 e. The van der Waals surface area contributed by atoms with Gasteiger partial charge >= 0.3 is 0 Å². The molecule has 0 amide bonds. The summed E-state index contributed by atoms with van der Waals surface area (Å²) in [6, 6.07) is 10.1. The van der Waals surface area contributed by atoms with Crippen molar-refractivity contribution < 1.29 is 5.48 Å². The average molecular weight is 174 g/mol. The predicted octanol–water partition coefficient (Wildman–Crippen LogP) is 2.62. The second-order valence-electron chi connectivity index (χ2n) is 2.49. The molecule has 0 radical (unpaired) electrons. The van der Waals surface area contributed by atoms with Crippen molar-refractivity contribution in [1.82, 2.24) is 0 Å². The minimum absolute atomic E-state index is 0. The summed E-state index contributed by atoms with van der Waals surface area (Å²) in [5.74, 6) is 0.